The lowest BCUT2D eigenvalue weighted by atomic mass is 10.0. The van der Waals surface area contributed by atoms with Gasteiger partial charge in [-0.05, 0) is 30.2 Å². The maximum Gasteiger partial charge on any atom is 0.141 e. The van der Waals surface area contributed by atoms with Crippen molar-refractivity contribution in [1.29, 1.82) is 0 Å². The largest absolute Gasteiger partial charge is 0.409 e. The number of hydrogen-bond donors (Lipinski definition) is 3. The molecule has 0 fully saturated rings. The van der Waals surface area contributed by atoms with Crippen molar-refractivity contribution in [3.63, 3.8) is 0 Å². The molecule has 0 bridgehead atoms. The van der Waals surface area contributed by atoms with Gasteiger partial charge in [0.15, 0.2) is 0 Å². The Morgan fingerprint density at radius 1 is 1.29 bits per heavy atom. The third-order valence-corrected chi connectivity index (χ3v) is 3.66. The van der Waals surface area contributed by atoms with E-state index in [4.69, 9.17) is 22.5 Å². The van der Waals surface area contributed by atoms with Crippen LogP contribution >= 0.6 is 11.6 Å². The molecule has 2 rings (SSSR count). The van der Waals surface area contributed by atoms with Crippen molar-refractivity contribution in [2.45, 2.75) is 19.4 Å². The van der Waals surface area contributed by atoms with Crippen molar-refractivity contribution in [3.8, 4) is 0 Å². The maximum atomic E-state index is 8.79. The summed E-state index contributed by atoms with van der Waals surface area (Å²) in [4.78, 5) is 0. The zero-order valence-electron chi connectivity index (χ0n) is 11.8. The first-order chi connectivity index (χ1) is 10.1. The molecule has 0 aliphatic carbocycles. The average Bonchev–Trinajstić information content (AvgIpc) is 2.51. The second kappa shape index (κ2) is 6.99. The quantitative estimate of drug-likeness (QED) is 0.339. The van der Waals surface area contributed by atoms with Crippen LogP contribution in [-0.4, -0.2) is 11.0 Å². The standard InChI is InChI=1S/C16H18ClN3O/c1-11-7-8-13(9-14(11)17)19-15(10-16(18)20-21)12-5-3-2-4-6-12/h2-9,15,19,21H,10H2,1H3,(H2,18,20). The lowest BCUT2D eigenvalue weighted by molar-refractivity contribution is 0.316. The number of nitrogens with zero attached hydrogens (tertiary/aromatic N) is 1. The van der Waals surface area contributed by atoms with Crippen LogP contribution in [0.1, 0.15) is 23.6 Å². The predicted molar refractivity (Wildman–Crippen MR) is 87.0 cm³/mol. The molecule has 0 saturated carbocycles. The molecule has 5 heteroatoms. The SMILES string of the molecule is Cc1ccc(NC(CC(N)=NO)c2ccccc2)cc1Cl. The lowest BCUT2D eigenvalue weighted by Crippen LogP contribution is -2.21. The number of hydrogen-bond acceptors (Lipinski definition) is 3. The molecular weight excluding hydrogens is 286 g/mol. The minimum absolute atomic E-state index is 0.0964. The first-order valence-corrected chi connectivity index (χ1v) is 7.02. The van der Waals surface area contributed by atoms with Gasteiger partial charge in [-0.2, -0.15) is 0 Å². The van der Waals surface area contributed by atoms with Gasteiger partial charge in [0.2, 0.25) is 0 Å². The van der Waals surface area contributed by atoms with Gasteiger partial charge in [-0.25, -0.2) is 0 Å². The molecule has 0 saturated heterocycles. The zero-order chi connectivity index (χ0) is 15.2. The van der Waals surface area contributed by atoms with E-state index in [1.807, 2.05) is 55.5 Å². The molecule has 0 amide bonds. The Morgan fingerprint density at radius 2 is 2.00 bits per heavy atom. The Kier molecular flexibility index (Phi) is 5.06. The molecule has 0 aliphatic rings. The maximum absolute atomic E-state index is 8.79. The minimum atomic E-state index is -0.0964. The highest BCUT2D eigenvalue weighted by Gasteiger charge is 2.14. The van der Waals surface area contributed by atoms with Crippen LogP contribution < -0.4 is 11.1 Å². The van der Waals surface area contributed by atoms with E-state index in [1.54, 1.807) is 0 Å². The number of amidine groups is 1. The molecule has 0 heterocycles. The van der Waals surface area contributed by atoms with Gasteiger partial charge in [0.1, 0.15) is 5.84 Å². The molecule has 2 aromatic carbocycles. The summed E-state index contributed by atoms with van der Waals surface area (Å²) in [6.45, 7) is 1.96. The second-order valence-corrected chi connectivity index (χ2v) is 5.27. The summed E-state index contributed by atoms with van der Waals surface area (Å²) < 4.78 is 0. The third-order valence-electron chi connectivity index (χ3n) is 3.26. The van der Waals surface area contributed by atoms with Crippen molar-refractivity contribution in [3.05, 3.63) is 64.7 Å². The second-order valence-electron chi connectivity index (χ2n) is 4.87. The summed E-state index contributed by atoms with van der Waals surface area (Å²) in [7, 11) is 0. The first-order valence-electron chi connectivity index (χ1n) is 6.64. The highest BCUT2D eigenvalue weighted by molar-refractivity contribution is 6.31. The summed E-state index contributed by atoms with van der Waals surface area (Å²) >= 11 is 6.15. The van der Waals surface area contributed by atoms with Crippen LogP contribution in [0.2, 0.25) is 5.02 Å². The fourth-order valence-electron chi connectivity index (χ4n) is 2.07. The van der Waals surface area contributed by atoms with Crippen molar-refractivity contribution in [1.82, 2.24) is 0 Å². The van der Waals surface area contributed by atoms with Gasteiger partial charge >= 0.3 is 0 Å². The molecule has 0 spiro atoms. The predicted octanol–water partition coefficient (Wildman–Crippen LogP) is 3.94. The van der Waals surface area contributed by atoms with Crippen molar-refractivity contribution >= 4 is 23.1 Å². The van der Waals surface area contributed by atoms with E-state index in [-0.39, 0.29) is 11.9 Å². The van der Waals surface area contributed by atoms with E-state index < -0.39 is 0 Å². The highest BCUT2D eigenvalue weighted by atomic mass is 35.5. The number of aryl methyl sites for hydroxylation is 1. The van der Waals surface area contributed by atoms with Crippen LogP contribution in [0, 0.1) is 6.92 Å². The average molecular weight is 304 g/mol. The van der Waals surface area contributed by atoms with Gasteiger partial charge in [-0.3, -0.25) is 0 Å². The smallest absolute Gasteiger partial charge is 0.141 e. The summed E-state index contributed by atoms with van der Waals surface area (Å²) in [5.74, 6) is 0.176. The van der Waals surface area contributed by atoms with E-state index >= 15 is 0 Å². The number of nitrogens with two attached hydrogens (primary N) is 1. The first kappa shape index (κ1) is 15.2. The molecule has 4 N–H and O–H groups in total. The molecule has 110 valence electrons. The number of benzene rings is 2. The molecule has 1 unspecified atom stereocenters. The highest BCUT2D eigenvalue weighted by Crippen LogP contribution is 2.26. The van der Waals surface area contributed by atoms with Gasteiger partial charge in [0, 0.05) is 17.1 Å². The van der Waals surface area contributed by atoms with E-state index in [9.17, 15) is 0 Å². The number of nitrogens with one attached hydrogen (secondary N) is 1. The number of anilines is 1. The van der Waals surface area contributed by atoms with E-state index in [1.165, 1.54) is 0 Å². The van der Waals surface area contributed by atoms with Gasteiger partial charge in [-0.1, -0.05) is 53.2 Å². The Balaban J connectivity index is 2.25. The molecule has 21 heavy (non-hydrogen) atoms. The number of halogens is 1. The molecule has 0 aromatic heterocycles. The van der Waals surface area contributed by atoms with Crippen LogP contribution in [-0.2, 0) is 0 Å². The summed E-state index contributed by atoms with van der Waals surface area (Å²) in [6, 6.07) is 15.6. The fourth-order valence-corrected chi connectivity index (χ4v) is 2.25. The van der Waals surface area contributed by atoms with Gasteiger partial charge in [0.25, 0.3) is 0 Å². The molecule has 1 atom stereocenters. The van der Waals surface area contributed by atoms with Crippen LogP contribution in [0.5, 0.6) is 0 Å². The van der Waals surface area contributed by atoms with Crippen LogP contribution in [0.4, 0.5) is 5.69 Å². The summed E-state index contributed by atoms with van der Waals surface area (Å²) in [6.07, 6.45) is 0.395. The Bertz CT molecular complexity index is 629. The summed E-state index contributed by atoms with van der Waals surface area (Å²) in [5, 5.41) is 15.9. The van der Waals surface area contributed by atoms with Gasteiger partial charge in [-0.15, -0.1) is 0 Å². The minimum Gasteiger partial charge on any atom is -0.409 e. The molecular formula is C16H18ClN3O. The molecule has 2 aromatic rings. The van der Waals surface area contributed by atoms with E-state index in [0.29, 0.717) is 11.4 Å². The fraction of sp³-hybridized carbons (Fsp3) is 0.188. The van der Waals surface area contributed by atoms with E-state index in [2.05, 4.69) is 10.5 Å². The summed E-state index contributed by atoms with van der Waals surface area (Å²) in [5.41, 5.74) is 8.63. The van der Waals surface area contributed by atoms with Gasteiger partial charge < -0.3 is 16.3 Å². The van der Waals surface area contributed by atoms with Crippen molar-refractivity contribution in [2.75, 3.05) is 5.32 Å². The topological polar surface area (TPSA) is 70.6 Å². The number of rotatable bonds is 5. The van der Waals surface area contributed by atoms with Crippen molar-refractivity contribution < 1.29 is 5.21 Å². The van der Waals surface area contributed by atoms with E-state index in [0.717, 1.165) is 16.8 Å². The monoisotopic (exact) mass is 303 g/mol. The Morgan fingerprint density at radius 3 is 2.62 bits per heavy atom. The zero-order valence-corrected chi connectivity index (χ0v) is 12.5. The third kappa shape index (κ3) is 4.13. The lowest BCUT2D eigenvalue weighted by Gasteiger charge is -2.20. The molecule has 4 nitrogen and oxygen atoms in total. The van der Waals surface area contributed by atoms with Crippen LogP contribution in [0.25, 0.3) is 0 Å². The van der Waals surface area contributed by atoms with Gasteiger partial charge in [0.05, 0.1) is 6.04 Å². The van der Waals surface area contributed by atoms with Crippen molar-refractivity contribution in [2.24, 2.45) is 10.9 Å². The number of oxime groups is 1. The Labute approximate surface area is 129 Å². The normalized spacial score (nSPS) is 13.0. The van der Waals surface area contributed by atoms with Crippen LogP contribution in [0.15, 0.2) is 53.7 Å². The Hall–Kier alpha value is -2.20. The molecule has 0 aliphatic heterocycles. The molecule has 0 radical (unpaired) electrons. The van der Waals surface area contributed by atoms with Crippen LogP contribution in [0.3, 0.4) is 0 Å².